The number of aliphatic imine (C=N–C) groups is 1. The summed E-state index contributed by atoms with van der Waals surface area (Å²) in [7, 11) is 2.11. The van der Waals surface area contributed by atoms with Crippen LogP contribution in [0, 0.1) is 0 Å². The number of fused-ring (bicyclic) bond motifs is 1. The quantitative estimate of drug-likeness (QED) is 0.594. The number of hydrogen-bond donors (Lipinski definition) is 0. The molecule has 1 atom stereocenters. The molecule has 1 aliphatic heterocycles. The molecule has 0 bridgehead atoms. The van der Waals surface area contributed by atoms with Gasteiger partial charge in [0.2, 0.25) is 0 Å². The lowest BCUT2D eigenvalue weighted by atomic mass is 10.1. The topological polar surface area (TPSA) is 24.8 Å². The number of nitrogens with zero attached hydrogens (tertiary/aromatic N) is 2. The maximum Gasteiger partial charge on any atom is 0.0771 e. The normalized spacial score (nSPS) is 17.2. The van der Waals surface area contributed by atoms with Gasteiger partial charge in [-0.05, 0) is 42.0 Å². The van der Waals surface area contributed by atoms with Crippen LogP contribution >= 0.6 is 0 Å². The van der Waals surface area contributed by atoms with E-state index < -0.39 is 0 Å². The fourth-order valence-corrected chi connectivity index (χ4v) is 3.49. The summed E-state index contributed by atoms with van der Waals surface area (Å²) < 4.78 is 5.61. The Morgan fingerprint density at radius 1 is 1.04 bits per heavy atom. The van der Waals surface area contributed by atoms with Gasteiger partial charge in [-0.3, -0.25) is 4.99 Å². The summed E-state index contributed by atoms with van der Waals surface area (Å²) in [5.74, 6) is 0. The molecule has 4 rings (SSSR count). The van der Waals surface area contributed by atoms with Crippen molar-refractivity contribution in [3.8, 4) is 0 Å². The molecule has 1 aliphatic rings. The van der Waals surface area contributed by atoms with Crippen molar-refractivity contribution < 1.29 is 4.74 Å². The molecule has 3 heteroatoms. The molecule has 0 N–H and O–H groups in total. The van der Waals surface area contributed by atoms with Crippen LogP contribution in [0.1, 0.15) is 18.4 Å². The minimum atomic E-state index is 0.308. The monoisotopic (exact) mass is 344 g/mol. The highest BCUT2D eigenvalue weighted by atomic mass is 16.5. The molecule has 1 unspecified atom stereocenters. The van der Waals surface area contributed by atoms with E-state index >= 15 is 0 Å². The van der Waals surface area contributed by atoms with Crippen molar-refractivity contribution in [3.05, 3.63) is 72.3 Å². The standard InChI is InChI=1S/C23H24N2O/c1-25(23-10-4-7-19-6-2-3-9-22(19)23)20-13-11-18(12-14-20)16-24-17-21-8-5-15-26-21/h2-4,6-7,9-14,16,21H,5,8,15,17H2,1H3. The number of anilines is 2. The summed E-state index contributed by atoms with van der Waals surface area (Å²) in [4.78, 5) is 6.77. The van der Waals surface area contributed by atoms with E-state index in [1.54, 1.807) is 0 Å². The van der Waals surface area contributed by atoms with Gasteiger partial charge in [0.05, 0.1) is 12.6 Å². The molecule has 3 aromatic rings. The average Bonchev–Trinajstić information content (AvgIpc) is 3.21. The lowest BCUT2D eigenvalue weighted by Crippen LogP contribution is -2.10. The molecular weight excluding hydrogens is 320 g/mol. The third-order valence-corrected chi connectivity index (χ3v) is 4.98. The van der Waals surface area contributed by atoms with E-state index in [9.17, 15) is 0 Å². The molecule has 1 fully saturated rings. The SMILES string of the molecule is CN(c1ccc(C=NCC2CCCO2)cc1)c1cccc2ccccc12. The van der Waals surface area contributed by atoms with Gasteiger partial charge in [-0.25, -0.2) is 0 Å². The summed E-state index contributed by atoms with van der Waals surface area (Å²) in [5.41, 5.74) is 3.50. The van der Waals surface area contributed by atoms with Crippen molar-refractivity contribution in [1.82, 2.24) is 0 Å². The van der Waals surface area contributed by atoms with Gasteiger partial charge in [0.1, 0.15) is 0 Å². The first-order chi connectivity index (χ1) is 12.8. The molecule has 0 spiro atoms. The second-order valence-electron chi connectivity index (χ2n) is 6.78. The van der Waals surface area contributed by atoms with E-state index in [2.05, 4.69) is 83.7 Å². The van der Waals surface area contributed by atoms with Crippen LogP contribution in [0.4, 0.5) is 11.4 Å². The van der Waals surface area contributed by atoms with Crippen molar-refractivity contribution >= 4 is 28.4 Å². The Bertz CT molecular complexity index is 890. The maximum absolute atomic E-state index is 5.61. The zero-order valence-electron chi connectivity index (χ0n) is 15.1. The lowest BCUT2D eigenvalue weighted by molar-refractivity contribution is 0.118. The molecule has 3 nitrogen and oxygen atoms in total. The fourth-order valence-electron chi connectivity index (χ4n) is 3.49. The van der Waals surface area contributed by atoms with Crippen LogP contribution < -0.4 is 4.90 Å². The molecule has 1 saturated heterocycles. The molecule has 26 heavy (non-hydrogen) atoms. The van der Waals surface area contributed by atoms with E-state index in [4.69, 9.17) is 4.74 Å². The largest absolute Gasteiger partial charge is 0.376 e. The van der Waals surface area contributed by atoms with Crippen LogP contribution in [0.2, 0.25) is 0 Å². The fraction of sp³-hybridized carbons (Fsp3) is 0.261. The summed E-state index contributed by atoms with van der Waals surface area (Å²) in [5, 5.41) is 2.52. The number of ether oxygens (including phenoxy) is 1. The molecule has 0 aromatic heterocycles. The molecular formula is C23H24N2O. The van der Waals surface area contributed by atoms with E-state index in [-0.39, 0.29) is 0 Å². The van der Waals surface area contributed by atoms with E-state index in [1.165, 1.54) is 16.5 Å². The number of rotatable bonds is 5. The predicted octanol–water partition coefficient (Wildman–Crippen LogP) is 5.21. The number of benzene rings is 3. The van der Waals surface area contributed by atoms with Crippen molar-refractivity contribution in [1.29, 1.82) is 0 Å². The molecule has 0 saturated carbocycles. The van der Waals surface area contributed by atoms with Gasteiger partial charge in [-0.15, -0.1) is 0 Å². The first-order valence-electron chi connectivity index (χ1n) is 9.24. The van der Waals surface area contributed by atoms with Gasteiger partial charge in [0, 0.05) is 36.6 Å². The number of hydrogen-bond acceptors (Lipinski definition) is 3. The highest BCUT2D eigenvalue weighted by Gasteiger charge is 2.13. The van der Waals surface area contributed by atoms with E-state index in [0.29, 0.717) is 6.10 Å². The van der Waals surface area contributed by atoms with Crippen LogP contribution in [0.25, 0.3) is 10.8 Å². The smallest absolute Gasteiger partial charge is 0.0771 e. The molecule has 1 heterocycles. The summed E-state index contributed by atoms with van der Waals surface area (Å²) >= 11 is 0. The van der Waals surface area contributed by atoms with Crippen molar-refractivity contribution in [2.24, 2.45) is 4.99 Å². The first-order valence-corrected chi connectivity index (χ1v) is 9.24. The van der Waals surface area contributed by atoms with Crippen LogP contribution in [0.15, 0.2) is 71.7 Å². The maximum atomic E-state index is 5.61. The third kappa shape index (κ3) is 3.63. The zero-order chi connectivity index (χ0) is 17.8. The Balaban J connectivity index is 1.49. The second kappa shape index (κ2) is 7.71. The van der Waals surface area contributed by atoms with Crippen molar-refractivity contribution in [2.45, 2.75) is 18.9 Å². The van der Waals surface area contributed by atoms with E-state index in [0.717, 1.165) is 37.2 Å². The van der Waals surface area contributed by atoms with Gasteiger partial charge in [-0.2, -0.15) is 0 Å². The third-order valence-electron chi connectivity index (χ3n) is 4.98. The van der Waals surface area contributed by atoms with Crippen LogP contribution in [0.3, 0.4) is 0 Å². The summed E-state index contributed by atoms with van der Waals surface area (Å²) in [6.07, 6.45) is 4.55. The Kier molecular flexibility index (Phi) is 4.98. The Morgan fingerprint density at radius 2 is 1.85 bits per heavy atom. The van der Waals surface area contributed by atoms with Crippen LogP contribution in [-0.4, -0.2) is 32.5 Å². The first kappa shape index (κ1) is 16.8. The highest BCUT2D eigenvalue weighted by Crippen LogP contribution is 2.30. The molecule has 0 amide bonds. The highest BCUT2D eigenvalue weighted by molar-refractivity contribution is 5.96. The minimum Gasteiger partial charge on any atom is -0.376 e. The Labute approximate surface area is 154 Å². The molecule has 132 valence electrons. The molecule has 0 aliphatic carbocycles. The van der Waals surface area contributed by atoms with Gasteiger partial charge >= 0.3 is 0 Å². The Hall–Kier alpha value is -2.65. The zero-order valence-corrected chi connectivity index (χ0v) is 15.1. The van der Waals surface area contributed by atoms with Gasteiger partial charge in [-0.1, -0.05) is 48.5 Å². The van der Waals surface area contributed by atoms with E-state index in [1.807, 2.05) is 6.21 Å². The summed E-state index contributed by atoms with van der Waals surface area (Å²) in [6.45, 7) is 1.65. The van der Waals surface area contributed by atoms with Crippen LogP contribution in [-0.2, 0) is 4.74 Å². The second-order valence-corrected chi connectivity index (χ2v) is 6.78. The van der Waals surface area contributed by atoms with Gasteiger partial charge < -0.3 is 9.64 Å². The average molecular weight is 344 g/mol. The Morgan fingerprint density at radius 3 is 2.65 bits per heavy atom. The van der Waals surface area contributed by atoms with Crippen LogP contribution in [0.5, 0.6) is 0 Å². The minimum absolute atomic E-state index is 0.308. The van der Waals surface area contributed by atoms with Crippen molar-refractivity contribution in [2.75, 3.05) is 25.1 Å². The van der Waals surface area contributed by atoms with Crippen molar-refractivity contribution in [3.63, 3.8) is 0 Å². The molecule has 0 radical (unpaired) electrons. The predicted molar refractivity (Wildman–Crippen MR) is 110 cm³/mol. The van der Waals surface area contributed by atoms with Gasteiger partial charge in [0.25, 0.3) is 0 Å². The lowest BCUT2D eigenvalue weighted by Gasteiger charge is -2.21. The molecule has 3 aromatic carbocycles. The van der Waals surface area contributed by atoms with Gasteiger partial charge in [0.15, 0.2) is 0 Å². The summed E-state index contributed by atoms with van der Waals surface area (Å²) in [6, 6.07) is 23.5.